The summed E-state index contributed by atoms with van der Waals surface area (Å²) in [5.74, 6) is 1.49. The zero-order valence-electron chi connectivity index (χ0n) is 21.4. The van der Waals surface area contributed by atoms with Crippen LogP contribution in [0.3, 0.4) is 0 Å². The molecule has 0 radical (unpaired) electrons. The maximum atomic E-state index is 13.6. The molecule has 0 unspecified atom stereocenters. The largest absolute Gasteiger partial charge is 0.351 e. The van der Waals surface area contributed by atoms with Gasteiger partial charge in [0.15, 0.2) is 11.2 Å². The highest BCUT2D eigenvalue weighted by molar-refractivity contribution is 7.90. The van der Waals surface area contributed by atoms with Crippen molar-refractivity contribution in [3.8, 4) is 0 Å². The number of aromatic nitrogens is 6. The van der Waals surface area contributed by atoms with Gasteiger partial charge in [0.25, 0.3) is 10.0 Å². The number of aryl methyl sites for hydroxylation is 1. The topological polar surface area (TPSA) is 117 Å². The quantitative estimate of drug-likeness (QED) is 0.350. The van der Waals surface area contributed by atoms with Crippen LogP contribution < -0.4 is 10.9 Å². The molecule has 0 amide bonds. The molecule has 1 N–H and O–H groups in total. The molecule has 39 heavy (non-hydrogen) atoms. The molecule has 5 aromatic rings. The van der Waals surface area contributed by atoms with Crippen molar-refractivity contribution in [3.05, 3.63) is 100 Å². The van der Waals surface area contributed by atoms with E-state index in [-0.39, 0.29) is 29.3 Å². The van der Waals surface area contributed by atoms with E-state index in [4.69, 9.17) is 4.98 Å². The van der Waals surface area contributed by atoms with E-state index in [1.807, 2.05) is 37.3 Å². The number of nitrogens with zero attached hydrogens (tertiary/aromatic N) is 6. The Morgan fingerprint density at radius 1 is 1.00 bits per heavy atom. The van der Waals surface area contributed by atoms with E-state index in [9.17, 15) is 13.2 Å². The average Bonchev–Trinajstić information content (AvgIpc) is 3.70. The van der Waals surface area contributed by atoms with Crippen LogP contribution in [0.1, 0.15) is 48.1 Å². The Balaban J connectivity index is 1.39. The Morgan fingerprint density at radius 3 is 2.59 bits per heavy atom. The highest BCUT2D eigenvalue weighted by Gasteiger charge is 2.38. The van der Waals surface area contributed by atoms with Crippen molar-refractivity contribution in [2.24, 2.45) is 0 Å². The van der Waals surface area contributed by atoms with Crippen molar-refractivity contribution >= 4 is 27.1 Å². The minimum atomic E-state index is -3.89. The minimum Gasteiger partial charge on any atom is -0.351 e. The molecule has 11 heteroatoms. The lowest BCUT2D eigenvalue weighted by Gasteiger charge is -2.13. The fourth-order valence-corrected chi connectivity index (χ4v) is 7.17. The van der Waals surface area contributed by atoms with Gasteiger partial charge in [-0.1, -0.05) is 48.0 Å². The van der Waals surface area contributed by atoms with E-state index in [0.717, 1.165) is 30.4 Å². The summed E-state index contributed by atoms with van der Waals surface area (Å²) in [7, 11) is -3.89. The zero-order valence-corrected chi connectivity index (χ0v) is 22.2. The number of hydrogen-bond donors (Lipinski definition) is 1. The third-order valence-electron chi connectivity index (χ3n) is 7.78. The van der Waals surface area contributed by atoms with Gasteiger partial charge in [-0.05, 0) is 43.9 Å². The molecule has 2 atom stereocenters. The fraction of sp³-hybridized carbons (Fsp3) is 0.286. The van der Waals surface area contributed by atoms with E-state index >= 15 is 0 Å². The van der Waals surface area contributed by atoms with Crippen molar-refractivity contribution in [3.63, 3.8) is 0 Å². The van der Waals surface area contributed by atoms with E-state index in [2.05, 4.69) is 19.9 Å². The SMILES string of the molecule is Cc1ccc(S(=O)(=O)n2ccnc2Cn2c(Cc3ccccc3)nc3c2c(=O)nc2n3[C@H]3CCC[C@H]3N2)cc1. The first kappa shape index (κ1) is 23.8. The molecule has 1 fully saturated rings. The van der Waals surface area contributed by atoms with Crippen LogP contribution in [0.25, 0.3) is 11.2 Å². The predicted octanol–water partition coefficient (Wildman–Crippen LogP) is 3.49. The summed E-state index contributed by atoms with van der Waals surface area (Å²) in [5, 5.41) is 3.41. The smallest absolute Gasteiger partial charge is 0.300 e. The second kappa shape index (κ2) is 8.91. The Kier molecular flexibility index (Phi) is 5.44. The number of hydrogen-bond acceptors (Lipinski definition) is 7. The second-order valence-corrected chi connectivity index (χ2v) is 12.1. The molecular formula is C28H27N7O3S. The Labute approximate surface area is 225 Å². The van der Waals surface area contributed by atoms with Gasteiger partial charge >= 0.3 is 5.56 Å². The van der Waals surface area contributed by atoms with Gasteiger partial charge in [-0.15, -0.1) is 0 Å². The van der Waals surface area contributed by atoms with Crippen molar-refractivity contribution in [2.75, 3.05) is 5.32 Å². The van der Waals surface area contributed by atoms with E-state index in [1.54, 1.807) is 28.8 Å². The zero-order chi connectivity index (χ0) is 26.7. The summed E-state index contributed by atoms with van der Waals surface area (Å²) in [6, 6.07) is 17.0. The molecule has 1 saturated carbocycles. The summed E-state index contributed by atoms with van der Waals surface area (Å²) in [6.07, 6.45) is 6.49. The van der Waals surface area contributed by atoms with E-state index in [0.29, 0.717) is 29.4 Å². The van der Waals surface area contributed by atoms with E-state index in [1.165, 1.54) is 16.4 Å². The van der Waals surface area contributed by atoms with Crippen LogP contribution >= 0.6 is 0 Å². The highest BCUT2D eigenvalue weighted by atomic mass is 32.2. The van der Waals surface area contributed by atoms with Crippen LogP contribution in [-0.2, 0) is 23.0 Å². The molecule has 0 saturated heterocycles. The van der Waals surface area contributed by atoms with Crippen molar-refractivity contribution in [1.82, 2.24) is 28.1 Å². The first-order valence-corrected chi connectivity index (χ1v) is 14.5. The third-order valence-corrected chi connectivity index (χ3v) is 9.50. The van der Waals surface area contributed by atoms with Gasteiger partial charge in [0, 0.05) is 24.9 Å². The fourth-order valence-electron chi connectivity index (χ4n) is 5.87. The minimum absolute atomic E-state index is 0.0501. The van der Waals surface area contributed by atoms with Gasteiger partial charge in [-0.25, -0.2) is 22.4 Å². The molecule has 3 aromatic heterocycles. The van der Waals surface area contributed by atoms with Crippen LogP contribution in [0, 0.1) is 6.92 Å². The van der Waals surface area contributed by atoms with Gasteiger partial charge < -0.3 is 9.88 Å². The van der Waals surface area contributed by atoms with Crippen LogP contribution in [-0.4, -0.2) is 42.5 Å². The number of anilines is 1. The summed E-state index contributed by atoms with van der Waals surface area (Å²) in [6.45, 7) is 1.96. The van der Waals surface area contributed by atoms with Crippen LogP contribution in [0.15, 0.2) is 76.7 Å². The molecule has 1 aliphatic heterocycles. The van der Waals surface area contributed by atoms with Crippen LogP contribution in [0.2, 0.25) is 0 Å². The Morgan fingerprint density at radius 2 is 1.79 bits per heavy atom. The summed E-state index contributed by atoms with van der Waals surface area (Å²) in [4.78, 5) is 27.4. The molecule has 4 heterocycles. The van der Waals surface area contributed by atoms with Crippen LogP contribution in [0.4, 0.5) is 5.95 Å². The summed E-state index contributed by atoms with van der Waals surface area (Å²) in [5.41, 5.74) is 2.55. The third kappa shape index (κ3) is 3.87. The molecule has 2 aromatic carbocycles. The molecule has 7 rings (SSSR count). The first-order chi connectivity index (χ1) is 18.9. The normalized spacial score (nSPS) is 18.3. The predicted molar refractivity (Wildman–Crippen MR) is 146 cm³/mol. The van der Waals surface area contributed by atoms with Gasteiger partial charge in [-0.3, -0.25) is 9.36 Å². The Bertz CT molecular complexity index is 1870. The lowest BCUT2D eigenvalue weighted by molar-refractivity contribution is 0.542. The average molecular weight is 542 g/mol. The molecule has 2 aliphatic rings. The molecule has 0 bridgehead atoms. The maximum absolute atomic E-state index is 13.6. The lowest BCUT2D eigenvalue weighted by Crippen LogP contribution is -2.21. The number of imidazole rings is 2. The standard InChI is InChI=1S/C28H27N7O3S/c1-18-10-12-20(13-11-18)39(37,38)34-15-14-29-24(34)17-33-23(16-19-6-3-2-4-7-19)31-26-25(33)27(36)32-28-30-21-8-5-9-22(21)35(26)28/h2-4,6-7,10-15,21-22H,5,8-9,16-17H2,1H3,(H,30,32,36)/t21-,22+/m1/s1. The van der Waals surface area contributed by atoms with Gasteiger partial charge in [0.05, 0.1) is 17.5 Å². The van der Waals surface area contributed by atoms with Crippen molar-refractivity contribution < 1.29 is 8.42 Å². The first-order valence-electron chi connectivity index (χ1n) is 13.1. The highest BCUT2D eigenvalue weighted by Crippen LogP contribution is 2.40. The monoisotopic (exact) mass is 541 g/mol. The molecule has 10 nitrogen and oxygen atoms in total. The van der Waals surface area contributed by atoms with Crippen molar-refractivity contribution in [1.29, 1.82) is 0 Å². The number of nitrogens with one attached hydrogen (secondary N) is 1. The van der Waals surface area contributed by atoms with Gasteiger partial charge in [0.2, 0.25) is 5.95 Å². The number of rotatable bonds is 6. The Hall–Kier alpha value is -4.25. The van der Waals surface area contributed by atoms with Gasteiger partial charge in [0.1, 0.15) is 11.6 Å². The van der Waals surface area contributed by atoms with Crippen molar-refractivity contribution in [2.45, 2.75) is 56.1 Å². The van der Waals surface area contributed by atoms with Gasteiger partial charge in [-0.2, -0.15) is 4.98 Å². The molecule has 0 spiro atoms. The number of fused-ring (bicyclic) bond motifs is 5. The number of benzene rings is 2. The molecular weight excluding hydrogens is 514 g/mol. The summed E-state index contributed by atoms with van der Waals surface area (Å²) < 4.78 is 32.1. The molecule has 198 valence electrons. The molecule has 1 aliphatic carbocycles. The second-order valence-electron chi connectivity index (χ2n) is 10.3. The summed E-state index contributed by atoms with van der Waals surface area (Å²) >= 11 is 0. The van der Waals surface area contributed by atoms with E-state index < -0.39 is 15.6 Å². The lowest BCUT2D eigenvalue weighted by atomic mass is 10.1. The maximum Gasteiger partial charge on any atom is 0.300 e. The van der Waals surface area contributed by atoms with Crippen LogP contribution in [0.5, 0.6) is 0 Å².